The molecule has 0 radical (unpaired) electrons. The second kappa shape index (κ2) is 2.86. The predicted molar refractivity (Wildman–Crippen MR) is 45.7 cm³/mol. The third-order valence-electron chi connectivity index (χ3n) is 1.53. The second-order valence-electron chi connectivity index (χ2n) is 3.41. The summed E-state index contributed by atoms with van der Waals surface area (Å²) in [5.74, 6) is 0.641. The van der Waals surface area contributed by atoms with E-state index in [0.29, 0.717) is 5.96 Å². The van der Waals surface area contributed by atoms with Crippen LogP contribution in [0.4, 0.5) is 0 Å². The summed E-state index contributed by atoms with van der Waals surface area (Å²) in [4.78, 5) is 3.12. The molecule has 4 heteroatoms. The molecule has 0 aromatic heterocycles. The van der Waals surface area contributed by atoms with Crippen LogP contribution in [0.1, 0.15) is 20.8 Å². The highest BCUT2D eigenvalue weighted by atomic mass is 15.2. The Kier molecular flexibility index (Phi) is 2.05. The van der Waals surface area contributed by atoms with Crippen LogP contribution in [0, 0.1) is 11.5 Å². The van der Waals surface area contributed by atoms with Crippen molar-refractivity contribution in [3.05, 3.63) is 11.8 Å². The van der Waals surface area contributed by atoms with E-state index in [2.05, 4.69) is 21.7 Å². The predicted octanol–water partition coefficient (Wildman–Crippen LogP) is -1.22. The standard InChI is InChI=1S/C8H12N4/c1-6-4-8(2,3)12-7(11-6)10-5-9/h4H,1-3H3,(H2,10,11,12)/p+1. The van der Waals surface area contributed by atoms with Gasteiger partial charge in [-0.2, -0.15) is 10.6 Å². The highest BCUT2D eigenvalue weighted by molar-refractivity contribution is 5.77. The first kappa shape index (κ1) is 8.60. The average molecular weight is 165 g/mol. The normalized spacial score (nSPS) is 19.8. The topological polar surface area (TPSA) is 61.8 Å². The lowest BCUT2D eigenvalue weighted by Crippen LogP contribution is -2.90. The number of hydrogen-bond acceptors (Lipinski definition) is 3. The fraction of sp³-hybridized carbons (Fsp3) is 0.500. The van der Waals surface area contributed by atoms with Gasteiger partial charge in [-0.05, 0) is 26.8 Å². The molecule has 1 heterocycles. The maximum Gasteiger partial charge on any atom is 0.363 e. The first-order valence-electron chi connectivity index (χ1n) is 3.80. The van der Waals surface area contributed by atoms with Gasteiger partial charge in [-0.3, -0.25) is 4.99 Å². The van der Waals surface area contributed by atoms with E-state index in [9.17, 15) is 0 Å². The lowest BCUT2D eigenvalue weighted by molar-refractivity contribution is -0.533. The van der Waals surface area contributed by atoms with Crippen molar-refractivity contribution in [1.82, 2.24) is 10.6 Å². The lowest BCUT2D eigenvalue weighted by Gasteiger charge is -2.19. The quantitative estimate of drug-likeness (QED) is 0.311. The molecule has 1 aliphatic rings. The fourth-order valence-electron chi connectivity index (χ4n) is 1.28. The van der Waals surface area contributed by atoms with E-state index in [1.807, 2.05) is 27.0 Å². The molecular weight excluding hydrogens is 152 g/mol. The largest absolute Gasteiger partial charge is 0.363 e. The summed E-state index contributed by atoms with van der Waals surface area (Å²) >= 11 is 0. The number of allylic oxidation sites excluding steroid dienone is 1. The van der Waals surface area contributed by atoms with Gasteiger partial charge in [0.15, 0.2) is 0 Å². The Bertz CT molecular complexity index is 280. The van der Waals surface area contributed by atoms with Gasteiger partial charge < -0.3 is 0 Å². The molecule has 0 unspecified atom stereocenters. The molecular formula is C8H13N4+. The minimum Gasteiger partial charge on any atom is -0.268 e. The van der Waals surface area contributed by atoms with Crippen molar-refractivity contribution in [1.29, 1.82) is 5.26 Å². The van der Waals surface area contributed by atoms with Gasteiger partial charge >= 0.3 is 5.96 Å². The number of guanidine groups is 1. The molecule has 64 valence electrons. The molecule has 1 rings (SSSR count). The Morgan fingerprint density at radius 1 is 1.67 bits per heavy atom. The van der Waals surface area contributed by atoms with Crippen LogP contribution >= 0.6 is 0 Å². The summed E-state index contributed by atoms with van der Waals surface area (Å²) in [6, 6.07) is 0. The zero-order chi connectivity index (χ0) is 9.19. The Morgan fingerprint density at radius 2 is 2.33 bits per heavy atom. The molecule has 0 aromatic carbocycles. The molecule has 4 nitrogen and oxygen atoms in total. The first-order chi connectivity index (χ1) is 5.53. The van der Waals surface area contributed by atoms with Gasteiger partial charge in [0.1, 0.15) is 5.54 Å². The van der Waals surface area contributed by atoms with Crippen molar-refractivity contribution in [3.8, 4) is 6.19 Å². The van der Waals surface area contributed by atoms with Gasteiger partial charge in [0, 0.05) is 0 Å². The fourth-order valence-corrected chi connectivity index (χ4v) is 1.28. The Balaban J connectivity index is 2.82. The minimum absolute atomic E-state index is 0.103. The summed E-state index contributed by atoms with van der Waals surface area (Å²) in [6.45, 7) is 6.04. The molecule has 0 aliphatic carbocycles. The van der Waals surface area contributed by atoms with E-state index in [1.54, 1.807) is 0 Å². The summed E-state index contributed by atoms with van der Waals surface area (Å²) in [6.07, 6.45) is 3.92. The van der Waals surface area contributed by atoms with E-state index in [1.165, 1.54) is 0 Å². The van der Waals surface area contributed by atoms with E-state index in [4.69, 9.17) is 5.26 Å². The van der Waals surface area contributed by atoms with E-state index < -0.39 is 0 Å². The van der Waals surface area contributed by atoms with Gasteiger partial charge in [-0.15, -0.1) is 0 Å². The highest BCUT2D eigenvalue weighted by Gasteiger charge is 2.23. The van der Waals surface area contributed by atoms with Crippen LogP contribution < -0.4 is 15.6 Å². The summed E-state index contributed by atoms with van der Waals surface area (Å²) < 4.78 is 0. The van der Waals surface area contributed by atoms with Crippen molar-refractivity contribution in [2.45, 2.75) is 26.3 Å². The van der Waals surface area contributed by atoms with E-state index in [-0.39, 0.29) is 5.54 Å². The zero-order valence-electron chi connectivity index (χ0n) is 7.52. The van der Waals surface area contributed by atoms with Gasteiger partial charge in [0.05, 0.1) is 5.70 Å². The van der Waals surface area contributed by atoms with Crippen molar-refractivity contribution >= 4 is 5.96 Å². The molecule has 0 spiro atoms. The molecule has 1 aliphatic heterocycles. The molecule has 0 amide bonds. The summed E-state index contributed by atoms with van der Waals surface area (Å²) in [7, 11) is 0. The van der Waals surface area contributed by atoms with Crippen molar-refractivity contribution < 1.29 is 4.99 Å². The molecule has 0 atom stereocenters. The van der Waals surface area contributed by atoms with Crippen LogP contribution in [-0.4, -0.2) is 11.5 Å². The summed E-state index contributed by atoms with van der Waals surface area (Å²) in [5, 5.41) is 13.9. The number of nitriles is 1. The van der Waals surface area contributed by atoms with Crippen LogP contribution in [0.3, 0.4) is 0 Å². The van der Waals surface area contributed by atoms with Crippen LogP contribution in [0.25, 0.3) is 0 Å². The number of nitrogens with one attached hydrogen (secondary N) is 3. The SMILES string of the molecule is CC1=CC(C)(C)[NH+]=C(NC#N)N1. The van der Waals surface area contributed by atoms with E-state index >= 15 is 0 Å². The Morgan fingerprint density at radius 3 is 2.83 bits per heavy atom. The molecule has 3 N–H and O–H groups in total. The maximum atomic E-state index is 8.39. The van der Waals surface area contributed by atoms with Crippen LogP contribution in [0.2, 0.25) is 0 Å². The van der Waals surface area contributed by atoms with Gasteiger partial charge in [0.25, 0.3) is 6.19 Å². The molecule has 0 bridgehead atoms. The van der Waals surface area contributed by atoms with Crippen LogP contribution in [0.15, 0.2) is 11.8 Å². The highest BCUT2D eigenvalue weighted by Crippen LogP contribution is 2.01. The van der Waals surface area contributed by atoms with Gasteiger partial charge in [-0.1, -0.05) is 0 Å². The van der Waals surface area contributed by atoms with Crippen LogP contribution in [0.5, 0.6) is 0 Å². The van der Waals surface area contributed by atoms with Crippen molar-refractivity contribution in [3.63, 3.8) is 0 Å². The van der Waals surface area contributed by atoms with E-state index in [0.717, 1.165) is 5.70 Å². The maximum absolute atomic E-state index is 8.39. The van der Waals surface area contributed by atoms with Crippen molar-refractivity contribution in [2.24, 2.45) is 0 Å². The average Bonchev–Trinajstić information content (AvgIpc) is 1.82. The lowest BCUT2D eigenvalue weighted by atomic mass is 10.0. The van der Waals surface area contributed by atoms with Gasteiger partial charge in [-0.25, -0.2) is 5.32 Å². The minimum atomic E-state index is -0.103. The number of rotatable bonds is 0. The van der Waals surface area contributed by atoms with Crippen LogP contribution in [-0.2, 0) is 0 Å². The smallest absolute Gasteiger partial charge is 0.268 e. The Labute approximate surface area is 72.0 Å². The molecule has 0 saturated carbocycles. The van der Waals surface area contributed by atoms with Gasteiger partial charge in [0.2, 0.25) is 0 Å². The second-order valence-corrected chi connectivity index (χ2v) is 3.41. The molecule has 12 heavy (non-hydrogen) atoms. The molecule has 0 aromatic rings. The molecule has 0 fully saturated rings. The zero-order valence-corrected chi connectivity index (χ0v) is 7.52. The third-order valence-corrected chi connectivity index (χ3v) is 1.53. The number of nitrogens with zero attached hydrogens (tertiary/aromatic N) is 1. The Hall–Kier alpha value is -1.50. The molecule has 0 saturated heterocycles. The third kappa shape index (κ3) is 1.99. The monoisotopic (exact) mass is 165 g/mol. The summed E-state index contributed by atoms with van der Waals surface area (Å²) in [5.41, 5.74) is 0.936. The first-order valence-corrected chi connectivity index (χ1v) is 3.80. The van der Waals surface area contributed by atoms with Crippen molar-refractivity contribution in [2.75, 3.05) is 0 Å². The number of hydrogen-bond donors (Lipinski definition) is 3.